The fourth-order valence-corrected chi connectivity index (χ4v) is 9.27. The van der Waals surface area contributed by atoms with Gasteiger partial charge in [0.1, 0.15) is 0 Å². The Morgan fingerprint density at radius 2 is 1.48 bits per heavy atom. The molecule has 0 aliphatic heterocycles. The van der Waals surface area contributed by atoms with E-state index in [0.717, 1.165) is 60.2 Å². The molecule has 1 N–H and O–H groups in total. The van der Waals surface area contributed by atoms with E-state index < -0.39 is 0 Å². The van der Waals surface area contributed by atoms with Gasteiger partial charge in [-0.25, -0.2) is 0 Å². The number of fused-ring (bicyclic) bond motifs is 5. The molecule has 4 rings (SSSR count). The van der Waals surface area contributed by atoms with E-state index >= 15 is 0 Å². The minimum atomic E-state index is -0.0107. The predicted octanol–water partition coefficient (Wildman–Crippen LogP) is 7.71. The summed E-state index contributed by atoms with van der Waals surface area (Å²) in [7, 11) is 0. The fourth-order valence-electron chi connectivity index (χ4n) is 9.27. The van der Waals surface area contributed by atoms with Crippen molar-refractivity contribution in [3.63, 3.8) is 0 Å². The second-order valence-corrected chi connectivity index (χ2v) is 13.1. The summed E-state index contributed by atoms with van der Waals surface area (Å²) in [6, 6.07) is 0. The van der Waals surface area contributed by atoms with Crippen molar-refractivity contribution in [3.05, 3.63) is 0 Å². The van der Waals surface area contributed by atoms with Crippen LogP contribution in [0.4, 0.5) is 0 Å². The molecule has 4 fully saturated rings. The molecule has 0 radical (unpaired) electrons. The van der Waals surface area contributed by atoms with Crippen molar-refractivity contribution >= 4 is 0 Å². The van der Waals surface area contributed by atoms with Gasteiger partial charge in [-0.15, -0.1) is 0 Å². The Balaban J connectivity index is 1.46. The van der Waals surface area contributed by atoms with Gasteiger partial charge >= 0.3 is 0 Å². The molecule has 4 saturated carbocycles. The molecule has 10 atom stereocenters. The van der Waals surface area contributed by atoms with Crippen molar-refractivity contribution in [3.8, 4) is 0 Å². The van der Waals surface area contributed by atoms with Crippen LogP contribution < -0.4 is 0 Å². The maximum absolute atomic E-state index is 10.3. The number of hydrogen-bond donors (Lipinski definition) is 1. The molecular formula is C28H50O. The predicted molar refractivity (Wildman–Crippen MR) is 124 cm³/mol. The zero-order valence-corrected chi connectivity index (χ0v) is 20.4. The molecule has 0 aromatic carbocycles. The molecular weight excluding hydrogens is 352 g/mol. The summed E-state index contributed by atoms with van der Waals surface area (Å²) in [6.45, 7) is 15.2. The van der Waals surface area contributed by atoms with Gasteiger partial charge < -0.3 is 5.11 Å². The lowest BCUT2D eigenvalue weighted by Gasteiger charge is -2.61. The van der Waals surface area contributed by atoms with Crippen molar-refractivity contribution in [1.29, 1.82) is 0 Å². The first-order valence-electron chi connectivity index (χ1n) is 13.3. The molecule has 168 valence electrons. The summed E-state index contributed by atoms with van der Waals surface area (Å²) in [4.78, 5) is 0. The smallest absolute Gasteiger partial charge is 0.0543 e. The number of aliphatic hydroxyl groups is 1. The highest BCUT2D eigenvalue weighted by Gasteiger charge is 2.60. The maximum atomic E-state index is 10.3. The van der Waals surface area contributed by atoms with Crippen LogP contribution in [0.15, 0.2) is 0 Å². The number of hydrogen-bond acceptors (Lipinski definition) is 1. The van der Waals surface area contributed by atoms with Crippen LogP contribution in [0, 0.1) is 58.2 Å². The fraction of sp³-hybridized carbons (Fsp3) is 1.00. The average Bonchev–Trinajstić information content (AvgIpc) is 3.03. The first kappa shape index (κ1) is 22.2. The normalized spacial score (nSPS) is 49.2. The summed E-state index contributed by atoms with van der Waals surface area (Å²) in [5, 5.41) is 10.3. The van der Waals surface area contributed by atoms with Crippen molar-refractivity contribution in [2.45, 2.75) is 118 Å². The quantitative estimate of drug-likeness (QED) is 0.499. The second-order valence-electron chi connectivity index (χ2n) is 13.1. The first-order chi connectivity index (χ1) is 13.7. The van der Waals surface area contributed by atoms with Crippen LogP contribution in [-0.2, 0) is 0 Å². The first-order valence-corrected chi connectivity index (χ1v) is 13.3. The molecule has 0 spiro atoms. The molecule has 0 aromatic heterocycles. The summed E-state index contributed by atoms with van der Waals surface area (Å²) in [5.41, 5.74) is 1.14. The van der Waals surface area contributed by atoms with Crippen molar-refractivity contribution < 1.29 is 5.11 Å². The Morgan fingerprint density at radius 3 is 2.21 bits per heavy atom. The summed E-state index contributed by atoms with van der Waals surface area (Å²) >= 11 is 0. The van der Waals surface area contributed by atoms with Gasteiger partial charge in [-0.2, -0.15) is 0 Å². The summed E-state index contributed by atoms with van der Waals surface area (Å²) < 4.78 is 0. The number of rotatable bonds is 5. The van der Waals surface area contributed by atoms with Crippen LogP contribution in [-0.4, -0.2) is 11.2 Å². The van der Waals surface area contributed by atoms with Crippen LogP contribution >= 0.6 is 0 Å². The highest BCUT2D eigenvalue weighted by Crippen LogP contribution is 2.68. The topological polar surface area (TPSA) is 20.2 Å². The Labute approximate surface area is 181 Å². The number of aliphatic hydroxyl groups excluding tert-OH is 1. The van der Waals surface area contributed by atoms with Gasteiger partial charge in [-0.1, -0.05) is 54.4 Å². The Hall–Kier alpha value is -0.0400. The average molecular weight is 403 g/mol. The van der Waals surface area contributed by atoms with Gasteiger partial charge in [0.2, 0.25) is 0 Å². The van der Waals surface area contributed by atoms with Gasteiger partial charge in [0.05, 0.1) is 6.10 Å². The van der Waals surface area contributed by atoms with E-state index in [2.05, 4.69) is 41.5 Å². The molecule has 0 saturated heterocycles. The second kappa shape index (κ2) is 8.14. The van der Waals surface area contributed by atoms with Gasteiger partial charge in [-0.3, -0.25) is 0 Å². The van der Waals surface area contributed by atoms with Gasteiger partial charge in [0, 0.05) is 0 Å². The molecule has 0 bridgehead atoms. The summed E-state index contributed by atoms with van der Waals surface area (Å²) in [6.07, 6.45) is 15.1. The standard InChI is InChI=1S/C28H50O/c1-18(2)19(3)7-8-20(4)24-11-12-25-23-10-9-21-17-22(29)13-15-27(21,5)26(23)14-16-28(24,25)6/h18-26,29H,7-17H2,1-6H3/t19?,20-,21-,22+,23?,24?,25?,26?,27+,28-/m1/s1. The minimum absolute atomic E-state index is 0.0107. The molecule has 1 nitrogen and oxygen atoms in total. The Bertz CT molecular complexity index is 569. The van der Waals surface area contributed by atoms with Crippen molar-refractivity contribution in [1.82, 2.24) is 0 Å². The van der Waals surface area contributed by atoms with Crippen molar-refractivity contribution in [2.24, 2.45) is 58.2 Å². The van der Waals surface area contributed by atoms with Crippen LogP contribution in [0.2, 0.25) is 0 Å². The SMILES string of the molecule is CC(C)C(C)CC[C@@H](C)C1CCC2C3CC[C@@H]4C[C@@H](O)CC[C@]4(C)C3CC[C@@]21C. The maximum Gasteiger partial charge on any atom is 0.0543 e. The largest absolute Gasteiger partial charge is 0.393 e. The zero-order valence-electron chi connectivity index (χ0n) is 20.4. The van der Waals surface area contributed by atoms with E-state index in [-0.39, 0.29) is 6.10 Å². The monoisotopic (exact) mass is 402 g/mol. The molecule has 29 heavy (non-hydrogen) atoms. The lowest BCUT2D eigenvalue weighted by atomic mass is 9.44. The lowest BCUT2D eigenvalue weighted by molar-refractivity contribution is -0.129. The summed E-state index contributed by atoms with van der Waals surface area (Å²) in [5.74, 6) is 7.28. The highest BCUT2D eigenvalue weighted by atomic mass is 16.3. The van der Waals surface area contributed by atoms with E-state index in [1.165, 1.54) is 57.8 Å². The zero-order chi connectivity index (χ0) is 21.0. The minimum Gasteiger partial charge on any atom is -0.393 e. The molecule has 0 aromatic rings. The van der Waals surface area contributed by atoms with Gasteiger partial charge in [0.15, 0.2) is 0 Å². The molecule has 1 heteroatoms. The molecule has 4 aliphatic rings. The molecule has 0 amide bonds. The molecule has 0 heterocycles. The van der Waals surface area contributed by atoms with Crippen LogP contribution in [0.5, 0.6) is 0 Å². The highest BCUT2D eigenvalue weighted by molar-refractivity contribution is 5.09. The van der Waals surface area contributed by atoms with Crippen LogP contribution in [0.3, 0.4) is 0 Å². The van der Waals surface area contributed by atoms with Gasteiger partial charge in [-0.05, 0) is 116 Å². The third-order valence-corrected chi connectivity index (χ3v) is 11.6. The Kier molecular flexibility index (Phi) is 6.22. The third-order valence-electron chi connectivity index (χ3n) is 11.6. The molecule has 4 aliphatic carbocycles. The van der Waals surface area contributed by atoms with Gasteiger partial charge in [0.25, 0.3) is 0 Å². The third kappa shape index (κ3) is 3.74. The van der Waals surface area contributed by atoms with E-state index in [9.17, 15) is 5.11 Å². The van der Waals surface area contributed by atoms with E-state index in [1.54, 1.807) is 0 Å². The van der Waals surface area contributed by atoms with Crippen molar-refractivity contribution in [2.75, 3.05) is 0 Å². The lowest BCUT2D eigenvalue weighted by Crippen LogP contribution is -2.54. The van der Waals surface area contributed by atoms with Crippen LogP contribution in [0.25, 0.3) is 0 Å². The van der Waals surface area contributed by atoms with E-state index in [1.807, 2.05) is 0 Å². The molecule has 5 unspecified atom stereocenters. The van der Waals surface area contributed by atoms with E-state index in [4.69, 9.17) is 0 Å². The van der Waals surface area contributed by atoms with E-state index in [0.29, 0.717) is 10.8 Å². The van der Waals surface area contributed by atoms with Crippen LogP contribution in [0.1, 0.15) is 112 Å². The Morgan fingerprint density at radius 1 is 0.793 bits per heavy atom.